The molecule has 1 heterocycles. The number of carbonyl (C=O) groups excluding carboxylic acids is 2. The molecule has 0 bridgehead atoms. The van der Waals surface area contributed by atoms with Crippen LogP contribution < -0.4 is 10.6 Å². The van der Waals surface area contributed by atoms with Crippen molar-refractivity contribution in [1.29, 1.82) is 0 Å². The van der Waals surface area contributed by atoms with Crippen molar-refractivity contribution in [2.75, 3.05) is 6.54 Å². The van der Waals surface area contributed by atoms with Gasteiger partial charge in [-0.05, 0) is 30.0 Å². The lowest BCUT2D eigenvalue weighted by Crippen LogP contribution is -2.53. The normalized spacial score (nSPS) is 12.7. The molecule has 0 aliphatic rings. The molecule has 27 heavy (non-hydrogen) atoms. The van der Waals surface area contributed by atoms with Crippen LogP contribution in [0.1, 0.15) is 19.4 Å². The zero-order chi connectivity index (χ0) is 20.0. The Morgan fingerprint density at radius 3 is 2.44 bits per heavy atom. The highest BCUT2D eigenvalue weighted by molar-refractivity contribution is 5.89. The number of hydrogen-bond acceptors (Lipinski definition) is 3. The second kappa shape index (κ2) is 8.70. The molecule has 1 atom stereocenters. The number of halogens is 3. The number of nitrogens with zero attached hydrogens (tertiary/aromatic N) is 2. The van der Waals surface area contributed by atoms with E-state index in [9.17, 15) is 22.8 Å². The molecule has 146 valence electrons. The Labute approximate surface area is 154 Å². The van der Waals surface area contributed by atoms with Gasteiger partial charge >= 0.3 is 12.1 Å². The van der Waals surface area contributed by atoms with Gasteiger partial charge in [-0.15, -0.1) is 0 Å². The minimum Gasteiger partial charge on any atom is -0.354 e. The smallest absolute Gasteiger partial charge is 0.354 e. The van der Waals surface area contributed by atoms with Crippen LogP contribution in [0.15, 0.2) is 42.7 Å². The van der Waals surface area contributed by atoms with Crippen molar-refractivity contribution < 1.29 is 22.8 Å². The molecular weight excluding hydrogens is 361 g/mol. The van der Waals surface area contributed by atoms with Crippen LogP contribution in [0, 0.1) is 5.92 Å². The second-order valence-electron chi connectivity index (χ2n) is 6.36. The highest BCUT2D eigenvalue weighted by Gasteiger charge is 2.41. The van der Waals surface area contributed by atoms with Crippen LogP contribution >= 0.6 is 0 Å². The molecule has 0 aliphatic heterocycles. The van der Waals surface area contributed by atoms with Gasteiger partial charge in [-0.1, -0.05) is 32.0 Å². The molecule has 1 aromatic carbocycles. The van der Waals surface area contributed by atoms with Gasteiger partial charge in [0.25, 0.3) is 0 Å². The van der Waals surface area contributed by atoms with Gasteiger partial charge in [0.05, 0.1) is 11.9 Å². The highest BCUT2D eigenvalue weighted by atomic mass is 19.4. The first kappa shape index (κ1) is 20.5. The first-order chi connectivity index (χ1) is 12.7. The van der Waals surface area contributed by atoms with Gasteiger partial charge in [-0.25, -0.2) is 4.68 Å². The van der Waals surface area contributed by atoms with E-state index in [0.29, 0.717) is 6.42 Å². The Kier molecular flexibility index (Phi) is 6.59. The largest absolute Gasteiger partial charge is 0.471 e. The van der Waals surface area contributed by atoms with Crippen LogP contribution in [-0.2, 0) is 16.0 Å². The number of hydrogen-bond donors (Lipinski definition) is 2. The monoisotopic (exact) mass is 382 g/mol. The summed E-state index contributed by atoms with van der Waals surface area (Å²) in [4.78, 5) is 23.2. The molecule has 0 aliphatic carbocycles. The van der Waals surface area contributed by atoms with Crippen LogP contribution in [0.2, 0.25) is 0 Å². The summed E-state index contributed by atoms with van der Waals surface area (Å²) in [7, 11) is 0. The molecule has 0 radical (unpaired) electrons. The third-order valence-corrected chi connectivity index (χ3v) is 3.86. The molecule has 2 aromatic rings. The molecule has 2 amide bonds. The molecule has 0 fully saturated rings. The quantitative estimate of drug-likeness (QED) is 0.771. The number of alkyl halides is 3. The van der Waals surface area contributed by atoms with Gasteiger partial charge in [0.15, 0.2) is 0 Å². The number of amides is 2. The molecule has 2 rings (SSSR count). The number of carbonyl (C=O) groups is 2. The van der Waals surface area contributed by atoms with Gasteiger partial charge in [0.1, 0.15) is 6.04 Å². The van der Waals surface area contributed by atoms with Crippen molar-refractivity contribution in [3.8, 4) is 5.69 Å². The average molecular weight is 382 g/mol. The lowest BCUT2D eigenvalue weighted by molar-refractivity contribution is -0.175. The zero-order valence-electron chi connectivity index (χ0n) is 15.0. The third-order valence-electron chi connectivity index (χ3n) is 3.86. The lowest BCUT2D eigenvalue weighted by Gasteiger charge is -2.22. The number of nitrogens with one attached hydrogen (secondary N) is 2. The van der Waals surface area contributed by atoms with Crippen LogP contribution in [0.25, 0.3) is 5.69 Å². The first-order valence-electron chi connectivity index (χ1n) is 8.43. The van der Waals surface area contributed by atoms with Crippen LogP contribution in [0.4, 0.5) is 13.2 Å². The summed E-state index contributed by atoms with van der Waals surface area (Å²) in [5.74, 6) is -3.27. The molecule has 1 aromatic heterocycles. The third kappa shape index (κ3) is 5.83. The van der Waals surface area contributed by atoms with E-state index in [1.54, 1.807) is 30.0 Å². The van der Waals surface area contributed by atoms with E-state index in [1.807, 2.05) is 36.5 Å². The Bertz CT molecular complexity index is 772. The van der Waals surface area contributed by atoms with Crippen molar-refractivity contribution in [3.05, 3.63) is 48.3 Å². The van der Waals surface area contributed by atoms with E-state index in [-0.39, 0.29) is 6.54 Å². The van der Waals surface area contributed by atoms with E-state index in [1.165, 1.54) is 0 Å². The minimum atomic E-state index is -5.03. The van der Waals surface area contributed by atoms with E-state index >= 15 is 0 Å². The summed E-state index contributed by atoms with van der Waals surface area (Å²) < 4.78 is 38.9. The van der Waals surface area contributed by atoms with Gasteiger partial charge in [-0.2, -0.15) is 18.3 Å². The summed E-state index contributed by atoms with van der Waals surface area (Å²) >= 11 is 0. The first-order valence-corrected chi connectivity index (χ1v) is 8.43. The van der Waals surface area contributed by atoms with Crippen molar-refractivity contribution in [2.45, 2.75) is 32.5 Å². The van der Waals surface area contributed by atoms with Crippen molar-refractivity contribution in [3.63, 3.8) is 0 Å². The van der Waals surface area contributed by atoms with Crippen molar-refractivity contribution in [2.24, 2.45) is 5.92 Å². The van der Waals surface area contributed by atoms with E-state index in [2.05, 4.69) is 10.4 Å². The SMILES string of the molecule is CC(C)[C@H](NC(=O)C(F)(F)F)C(=O)NCCc1cnn(-c2ccccc2)c1. The molecule has 2 N–H and O–H groups in total. The predicted octanol–water partition coefficient (Wildman–Crippen LogP) is 2.23. The Balaban J connectivity index is 1.89. The fourth-order valence-corrected chi connectivity index (χ4v) is 2.41. The molecule has 0 saturated heterocycles. The summed E-state index contributed by atoms with van der Waals surface area (Å²) in [6.45, 7) is 3.33. The van der Waals surface area contributed by atoms with E-state index in [4.69, 9.17) is 0 Å². The lowest BCUT2D eigenvalue weighted by atomic mass is 10.0. The average Bonchev–Trinajstić information content (AvgIpc) is 3.07. The second-order valence-corrected chi connectivity index (χ2v) is 6.36. The van der Waals surface area contributed by atoms with E-state index in [0.717, 1.165) is 11.3 Å². The molecular formula is C18H21F3N4O2. The fourth-order valence-electron chi connectivity index (χ4n) is 2.41. The van der Waals surface area contributed by atoms with Crippen LogP contribution in [0.5, 0.6) is 0 Å². The number of para-hydroxylation sites is 1. The van der Waals surface area contributed by atoms with Gasteiger partial charge in [0, 0.05) is 12.7 Å². The zero-order valence-corrected chi connectivity index (χ0v) is 15.0. The van der Waals surface area contributed by atoms with E-state index < -0.39 is 30.0 Å². The van der Waals surface area contributed by atoms with Gasteiger partial charge in [0.2, 0.25) is 5.91 Å². The Morgan fingerprint density at radius 2 is 1.85 bits per heavy atom. The molecule has 9 heteroatoms. The maximum Gasteiger partial charge on any atom is 0.471 e. The Hall–Kier alpha value is -2.84. The number of rotatable bonds is 7. The fraction of sp³-hybridized carbons (Fsp3) is 0.389. The van der Waals surface area contributed by atoms with Crippen molar-refractivity contribution >= 4 is 11.8 Å². The predicted molar refractivity (Wildman–Crippen MR) is 93.1 cm³/mol. The number of benzene rings is 1. The van der Waals surface area contributed by atoms with Crippen molar-refractivity contribution in [1.82, 2.24) is 20.4 Å². The minimum absolute atomic E-state index is 0.213. The summed E-state index contributed by atoms with van der Waals surface area (Å²) in [5.41, 5.74) is 1.75. The standard InChI is InChI=1S/C18H21F3N4O2/c1-12(2)15(24-17(27)18(19,20)21)16(26)22-9-8-13-10-23-25(11-13)14-6-4-3-5-7-14/h3-7,10-12,15H,8-9H2,1-2H3,(H,22,26)(H,24,27)/t15-/m0/s1. The Morgan fingerprint density at radius 1 is 1.19 bits per heavy atom. The topological polar surface area (TPSA) is 76.0 Å². The molecule has 0 saturated carbocycles. The van der Waals surface area contributed by atoms with Crippen LogP contribution in [0.3, 0.4) is 0 Å². The summed E-state index contributed by atoms with van der Waals surface area (Å²) in [5, 5.41) is 8.53. The van der Waals surface area contributed by atoms with Crippen LogP contribution in [-0.4, -0.2) is 40.4 Å². The van der Waals surface area contributed by atoms with Gasteiger partial charge < -0.3 is 10.6 Å². The molecule has 0 spiro atoms. The maximum atomic E-state index is 12.4. The summed E-state index contributed by atoms with van der Waals surface area (Å²) in [6, 6.07) is 8.21. The molecule has 6 nitrogen and oxygen atoms in total. The van der Waals surface area contributed by atoms with Gasteiger partial charge in [-0.3, -0.25) is 9.59 Å². The number of aromatic nitrogens is 2. The molecule has 0 unspecified atom stereocenters. The highest BCUT2D eigenvalue weighted by Crippen LogP contribution is 2.15. The summed E-state index contributed by atoms with van der Waals surface area (Å²) in [6.07, 6.45) is -1.10. The maximum absolute atomic E-state index is 12.4.